The van der Waals surface area contributed by atoms with Gasteiger partial charge >= 0.3 is 0 Å². The largest absolute Gasteiger partial charge is 0.378 e. The molecule has 80 valence electrons. The van der Waals surface area contributed by atoms with E-state index < -0.39 is 0 Å². The van der Waals surface area contributed by atoms with Gasteiger partial charge in [0, 0.05) is 13.1 Å². The zero-order valence-electron chi connectivity index (χ0n) is 9.20. The predicted octanol–water partition coefficient (Wildman–Crippen LogP) is 1.75. The number of hydrogen-bond donors (Lipinski definition) is 0. The lowest BCUT2D eigenvalue weighted by Crippen LogP contribution is -2.50. The Balaban J connectivity index is 1.80. The molecule has 1 aromatic rings. The van der Waals surface area contributed by atoms with Gasteiger partial charge in [-0.15, -0.1) is 0 Å². The lowest BCUT2D eigenvalue weighted by molar-refractivity contribution is -0.0695. The third kappa shape index (κ3) is 1.68. The third-order valence-corrected chi connectivity index (χ3v) is 3.54. The van der Waals surface area contributed by atoms with Crippen LogP contribution in [0.4, 0.5) is 0 Å². The smallest absolute Gasteiger partial charge is 0.0645 e. The van der Waals surface area contributed by atoms with Crippen LogP contribution in [0.15, 0.2) is 18.2 Å². The van der Waals surface area contributed by atoms with Crippen molar-refractivity contribution in [2.24, 2.45) is 0 Å². The van der Waals surface area contributed by atoms with Crippen LogP contribution in [-0.2, 0) is 17.7 Å². The maximum absolute atomic E-state index is 5.25. The standard InChI is InChI=1S/C13H17NO/c1-10-2-3-12-7-14(13-8-15-9-13)5-4-11(12)6-10/h2-3,6,13H,4-5,7-9H2,1H3. The second-order valence-corrected chi connectivity index (χ2v) is 4.68. The number of fused-ring (bicyclic) bond motifs is 1. The van der Waals surface area contributed by atoms with E-state index in [0.717, 1.165) is 19.8 Å². The Bertz CT molecular complexity index is 371. The van der Waals surface area contributed by atoms with E-state index >= 15 is 0 Å². The predicted molar refractivity (Wildman–Crippen MR) is 59.9 cm³/mol. The molecule has 2 heterocycles. The first kappa shape index (κ1) is 9.37. The molecule has 0 saturated carbocycles. The first-order chi connectivity index (χ1) is 7.33. The highest BCUT2D eigenvalue weighted by Crippen LogP contribution is 2.23. The maximum Gasteiger partial charge on any atom is 0.0645 e. The number of nitrogens with zero attached hydrogens (tertiary/aromatic N) is 1. The van der Waals surface area contributed by atoms with Crippen molar-refractivity contribution in [1.82, 2.24) is 4.90 Å². The molecule has 2 heteroatoms. The van der Waals surface area contributed by atoms with E-state index in [2.05, 4.69) is 30.0 Å². The van der Waals surface area contributed by atoms with Crippen LogP contribution in [0.25, 0.3) is 0 Å². The molecular weight excluding hydrogens is 186 g/mol. The van der Waals surface area contributed by atoms with E-state index in [1.54, 1.807) is 5.56 Å². The van der Waals surface area contributed by atoms with Crippen LogP contribution in [0.5, 0.6) is 0 Å². The van der Waals surface area contributed by atoms with Gasteiger partial charge in [0.05, 0.1) is 19.3 Å². The van der Waals surface area contributed by atoms with E-state index in [-0.39, 0.29) is 0 Å². The molecule has 0 radical (unpaired) electrons. The minimum Gasteiger partial charge on any atom is -0.378 e. The van der Waals surface area contributed by atoms with Gasteiger partial charge in [-0.05, 0) is 24.5 Å². The molecule has 3 rings (SSSR count). The fourth-order valence-electron chi connectivity index (χ4n) is 2.45. The zero-order chi connectivity index (χ0) is 10.3. The van der Waals surface area contributed by atoms with Gasteiger partial charge in [-0.1, -0.05) is 23.8 Å². The van der Waals surface area contributed by atoms with Crippen molar-refractivity contribution in [1.29, 1.82) is 0 Å². The Morgan fingerprint density at radius 1 is 1.27 bits per heavy atom. The molecule has 0 aromatic heterocycles. The van der Waals surface area contributed by atoms with Crippen molar-refractivity contribution >= 4 is 0 Å². The molecule has 2 nitrogen and oxygen atoms in total. The molecule has 1 fully saturated rings. The zero-order valence-corrected chi connectivity index (χ0v) is 9.20. The molecule has 0 bridgehead atoms. The number of rotatable bonds is 1. The van der Waals surface area contributed by atoms with Crippen LogP contribution in [0.1, 0.15) is 16.7 Å². The minimum atomic E-state index is 0.680. The van der Waals surface area contributed by atoms with Gasteiger partial charge < -0.3 is 4.74 Å². The van der Waals surface area contributed by atoms with Crippen molar-refractivity contribution in [3.05, 3.63) is 34.9 Å². The highest BCUT2D eigenvalue weighted by atomic mass is 16.5. The van der Waals surface area contributed by atoms with Crippen molar-refractivity contribution in [2.45, 2.75) is 25.9 Å². The van der Waals surface area contributed by atoms with E-state index in [9.17, 15) is 0 Å². The quantitative estimate of drug-likeness (QED) is 0.689. The first-order valence-corrected chi connectivity index (χ1v) is 5.73. The van der Waals surface area contributed by atoms with E-state index in [1.165, 1.54) is 24.1 Å². The summed E-state index contributed by atoms with van der Waals surface area (Å²) in [4.78, 5) is 2.56. The molecule has 15 heavy (non-hydrogen) atoms. The molecule has 0 amide bonds. The number of ether oxygens (including phenoxy) is 1. The van der Waals surface area contributed by atoms with E-state index in [4.69, 9.17) is 4.74 Å². The Kier molecular flexibility index (Phi) is 2.26. The molecule has 0 atom stereocenters. The third-order valence-electron chi connectivity index (χ3n) is 3.54. The Morgan fingerprint density at radius 3 is 2.87 bits per heavy atom. The topological polar surface area (TPSA) is 12.5 Å². The summed E-state index contributed by atoms with van der Waals surface area (Å²) < 4.78 is 5.25. The summed E-state index contributed by atoms with van der Waals surface area (Å²) in [6.45, 7) is 6.35. The number of benzene rings is 1. The van der Waals surface area contributed by atoms with Crippen molar-refractivity contribution in [3.63, 3.8) is 0 Å². The van der Waals surface area contributed by atoms with Gasteiger partial charge in [0.1, 0.15) is 0 Å². The molecule has 0 N–H and O–H groups in total. The van der Waals surface area contributed by atoms with Crippen LogP contribution in [0.3, 0.4) is 0 Å². The normalized spacial score (nSPS) is 22.2. The van der Waals surface area contributed by atoms with Gasteiger partial charge in [-0.3, -0.25) is 4.90 Å². The van der Waals surface area contributed by atoms with Crippen LogP contribution in [0, 0.1) is 6.92 Å². The van der Waals surface area contributed by atoms with Crippen LogP contribution < -0.4 is 0 Å². The lowest BCUT2D eigenvalue weighted by atomic mass is 9.96. The highest BCUT2D eigenvalue weighted by Gasteiger charge is 2.28. The summed E-state index contributed by atoms with van der Waals surface area (Å²) in [5.74, 6) is 0. The Labute approximate surface area is 90.8 Å². The van der Waals surface area contributed by atoms with E-state index in [0.29, 0.717) is 6.04 Å². The second kappa shape index (κ2) is 3.62. The molecule has 2 aliphatic heterocycles. The first-order valence-electron chi connectivity index (χ1n) is 5.73. The van der Waals surface area contributed by atoms with Crippen LogP contribution in [0.2, 0.25) is 0 Å². The van der Waals surface area contributed by atoms with Crippen LogP contribution >= 0.6 is 0 Å². The van der Waals surface area contributed by atoms with Crippen molar-refractivity contribution in [3.8, 4) is 0 Å². The Hall–Kier alpha value is -0.860. The van der Waals surface area contributed by atoms with Gasteiger partial charge in [-0.2, -0.15) is 0 Å². The summed E-state index contributed by atoms with van der Waals surface area (Å²) in [7, 11) is 0. The summed E-state index contributed by atoms with van der Waals surface area (Å²) >= 11 is 0. The number of hydrogen-bond acceptors (Lipinski definition) is 2. The molecule has 1 saturated heterocycles. The SMILES string of the molecule is Cc1ccc2c(c1)CCN(C1COC1)C2. The van der Waals surface area contributed by atoms with Crippen LogP contribution in [-0.4, -0.2) is 30.7 Å². The summed E-state index contributed by atoms with van der Waals surface area (Å²) in [5, 5.41) is 0. The highest BCUT2D eigenvalue weighted by molar-refractivity contribution is 5.33. The van der Waals surface area contributed by atoms with Crippen molar-refractivity contribution < 1.29 is 4.74 Å². The fourth-order valence-corrected chi connectivity index (χ4v) is 2.45. The van der Waals surface area contributed by atoms with Gasteiger partial charge in [0.15, 0.2) is 0 Å². The summed E-state index contributed by atoms with van der Waals surface area (Å²) in [6, 6.07) is 7.53. The maximum atomic E-state index is 5.25. The van der Waals surface area contributed by atoms with Gasteiger partial charge in [0.25, 0.3) is 0 Å². The molecule has 1 aromatic carbocycles. The average molecular weight is 203 g/mol. The lowest BCUT2D eigenvalue weighted by Gasteiger charge is -2.40. The van der Waals surface area contributed by atoms with Crippen molar-refractivity contribution in [2.75, 3.05) is 19.8 Å². The molecule has 0 spiro atoms. The molecular formula is C13H17NO. The summed E-state index contributed by atoms with van der Waals surface area (Å²) in [6.07, 6.45) is 1.20. The molecule has 2 aliphatic rings. The number of aryl methyl sites for hydroxylation is 1. The molecule has 0 unspecified atom stereocenters. The van der Waals surface area contributed by atoms with E-state index in [1.807, 2.05) is 0 Å². The fraction of sp³-hybridized carbons (Fsp3) is 0.538. The average Bonchev–Trinajstić information content (AvgIpc) is 2.15. The Morgan fingerprint density at radius 2 is 2.13 bits per heavy atom. The molecule has 0 aliphatic carbocycles. The summed E-state index contributed by atoms with van der Waals surface area (Å²) in [5.41, 5.74) is 4.44. The minimum absolute atomic E-state index is 0.680. The van der Waals surface area contributed by atoms with Gasteiger partial charge in [0.2, 0.25) is 0 Å². The monoisotopic (exact) mass is 203 g/mol. The second-order valence-electron chi connectivity index (χ2n) is 4.68. The van der Waals surface area contributed by atoms with Gasteiger partial charge in [-0.25, -0.2) is 0 Å².